The average molecular weight is 620 g/mol. The molecule has 2 fully saturated rings. The first-order chi connectivity index (χ1) is 20.0. The maximum atomic E-state index is 13.5. The van der Waals surface area contributed by atoms with Gasteiger partial charge in [-0.2, -0.15) is 0 Å². The van der Waals surface area contributed by atoms with Gasteiger partial charge >= 0.3 is 6.09 Å². The highest BCUT2D eigenvalue weighted by Gasteiger charge is 2.61. The van der Waals surface area contributed by atoms with E-state index in [1.807, 2.05) is 31.2 Å². The molecule has 242 valence electrons. The van der Waals surface area contributed by atoms with Crippen molar-refractivity contribution in [3.8, 4) is 5.75 Å². The number of aliphatic hydroxyl groups excluding tert-OH is 1. The number of methoxy groups -OCH3 is 1. The summed E-state index contributed by atoms with van der Waals surface area (Å²) in [6, 6.07) is 7.38. The molecule has 0 aliphatic carbocycles. The zero-order valence-electron chi connectivity index (χ0n) is 27.7. The van der Waals surface area contributed by atoms with Crippen molar-refractivity contribution in [2.45, 2.75) is 97.1 Å². The number of nitrogens with zero attached hydrogens (tertiary/aromatic N) is 1. The van der Waals surface area contributed by atoms with Crippen LogP contribution in [-0.4, -0.2) is 81.1 Å². The predicted octanol–water partition coefficient (Wildman–Crippen LogP) is 5.81. The number of benzene rings is 1. The van der Waals surface area contributed by atoms with Gasteiger partial charge in [-0.1, -0.05) is 52.8 Å². The quantitative estimate of drug-likeness (QED) is 0.149. The van der Waals surface area contributed by atoms with Crippen LogP contribution < -0.4 is 4.74 Å². The maximum Gasteiger partial charge on any atom is 0.416 e. The Hall–Kier alpha value is -2.24. The lowest BCUT2D eigenvalue weighted by atomic mass is 9.74. The van der Waals surface area contributed by atoms with Gasteiger partial charge < -0.3 is 28.5 Å². The van der Waals surface area contributed by atoms with Gasteiger partial charge in [0.05, 0.1) is 50.1 Å². The average Bonchev–Trinajstić information content (AvgIpc) is 3.53. The van der Waals surface area contributed by atoms with E-state index in [-0.39, 0.29) is 36.2 Å². The van der Waals surface area contributed by atoms with Gasteiger partial charge in [-0.25, -0.2) is 9.69 Å². The maximum absolute atomic E-state index is 13.5. The summed E-state index contributed by atoms with van der Waals surface area (Å²) in [5.74, 6) is -1.26. The van der Waals surface area contributed by atoms with Gasteiger partial charge in [0.25, 0.3) is 0 Å². The molecule has 0 radical (unpaired) electrons. The minimum absolute atomic E-state index is 0.0353. The summed E-state index contributed by atoms with van der Waals surface area (Å²) in [6.07, 6.45) is -0.499. The van der Waals surface area contributed by atoms with Crippen LogP contribution in [0, 0.1) is 23.7 Å². The van der Waals surface area contributed by atoms with Gasteiger partial charge in [0.1, 0.15) is 12.4 Å². The fraction of sp³-hybridized carbons (Fsp3) is 0.697. The minimum atomic E-state index is -2.19. The van der Waals surface area contributed by atoms with Crippen LogP contribution in [0.5, 0.6) is 5.75 Å². The molecule has 2 heterocycles. The monoisotopic (exact) mass is 619 g/mol. The number of carbonyl (C=O) groups excluding carboxylic acids is 2. The number of amides is 2. The molecule has 9 nitrogen and oxygen atoms in total. The fourth-order valence-electron chi connectivity index (χ4n) is 5.58. The predicted molar refractivity (Wildman–Crippen MR) is 168 cm³/mol. The molecule has 1 aromatic carbocycles. The molecule has 43 heavy (non-hydrogen) atoms. The SMILES string of the molecule is C=C[C@@H](C(=O)N1C(=O)OC[C@H]1C)[C@@H](O)[C@H](CO[Si](C)(C)C(C)(C)C)[C@H](C)[C@]1(C)O[C@@H]1[C@@H](C)COCc1ccc(OC)cc1. The van der Waals surface area contributed by atoms with Crippen LogP contribution >= 0.6 is 0 Å². The first kappa shape index (κ1) is 35.2. The Morgan fingerprint density at radius 3 is 2.37 bits per heavy atom. The van der Waals surface area contributed by atoms with Crippen molar-refractivity contribution in [3.05, 3.63) is 42.5 Å². The number of epoxide rings is 1. The van der Waals surface area contributed by atoms with Crippen molar-refractivity contribution in [2.75, 3.05) is 26.9 Å². The lowest BCUT2D eigenvalue weighted by Crippen LogP contribution is -2.51. The lowest BCUT2D eigenvalue weighted by molar-refractivity contribution is -0.137. The van der Waals surface area contributed by atoms with Crippen LogP contribution in [0.1, 0.15) is 54.0 Å². The van der Waals surface area contributed by atoms with Crippen molar-refractivity contribution in [3.63, 3.8) is 0 Å². The fourth-order valence-corrected chi connectivity index (χ4v) is 6.62. The van der Waals surface area contributed by atoms with Gasteiger partial charge in [0.2, 0.25) is 5.91 Å². The number of imide groups is 1. The van der Waals surface area contributed by atoms with E-state index < -0.39 is 49.9 Å². The Morgan fingerprint density at radius 1 is 1.23 bits per heavy atom. The Kier molecular flexibility index (Phi) is 11.3. The second kappa shape index (κ2) is 13.8. The molecule has 1 aromatic rings. The number of ether oxygens (including phenoxy) is 4. The van der Waals surface area contributed by atoms with Crippen LogP contribution in [0.2, 0.25) is 18.1 Å². The molecule has 0 aromatic heterocycles. The highest BCUT2D eigenvalue weighted by molar-refractivity contribution is 6.74. The van der Waals surface area contributed by atoms with Gasteiger partial charge in [0.15, 0.2) is 8.32 Å². The molecule has 2 aliphatic rings. The van der Waals surface area contributed by atoms with E-state index in [2.05, 4.69) is 54.3 Å². The summed E-state index contributed by atoms with van der Waals surface area (Å²) < 4.78 is 29.3. The second-order valence-corrected chi connectivity index (χ2v) is 18.8. The molecule has 2 saturated heterocycles. The van der Waals surface area contributed by atoms with Gasteiger partial charge in [-0.3, -0.25) is 4.79 Å². The van der Waals surface area contributed by atoms with Crippen molar-refractivity contribution >= 4 is 20.3 Å². The third-order valence-corrected chi connectivity index (χ3v) is 14.4. The van der Waals surface area contributed by atoms with E-state index in [9.17, 15) is 14.7 Å². The normalized spacial score (nSPS) is 25.8. The molecule has 0 unspecified atom stereocenters. The van der Waals surface area contributed by atoms with Crippen LogP contribution in [0.4, 0.5) is 4.79 Å². The molecule has 0 saturated carbocycles. The lowest BCUT2D eigenvalue weighted by Gasteiger charge is -2.40. The van der Waals surface area contributed by atoms with Gasteiger partial charge in [0, 0.05) is 18.4 Å². The zero-order chi connectivity index (χ0) is 32.3. The topological polar surface area (TPSA) is 107 Å². The summed E-state index contributed by atoms with van der Waals surface area (Å²) in [5.41, 5.74) is 0.503. The molecule has 3 rings (SSSR count). The van der Waals surface area contributed by atoms with E-state index in [0.717, 1.165) is 16.2 Å². The Morgan fingerprint density at radius 2 is 1.86 bits per heavy atom. The molecular formula is C33H53NO8Si. The van der Waals surface area contributed by atoms with E-state index in [4.69, 9.17) is 23.4 Å². The van der Waals surface area contributed by atoms with E-state index >= 15 is 0 Å². The Labute approximate surface area is 259 Å². The Balaban J connectivity index is 1.75. The number of aliphatic hydroxyl groups is 1. The van der Waals surface area contributed by atoms with Gasteiger partial charge in [-0.15, -0.1) is 6.58 Å². The van der Waals surface area contributed by atoms with Crippen LogP contribution in [-0.2, 0) is 30.0 Å². The van der Waals surface area contributed by atoms with E-state index in [0.29, 0.717) is 13.2 Å². The number of hydrogen-bond acceptors (Lipinski definition) is 8. The smallest absolute Gasteiger partial charge is 0.416 e. The first-order valence-corrected chi connectivity index (χ1v) is 18.2. The molecule has 2 aliphatic heterocycles. The van der Waals surface area contributed by atoms with E-state index in [1.54, 1.807) is 14.0 Å². The number of rotatable bonds is 15. The molecule has 10 heteroatoms. The van der Waals surface area contributed by atoms with Crippen molar-refractivity contribution in [2.24, 2.45) is 23.7 Å². The number of hydrogen-bond donors (Lipinski definition) is 1. The first-order valence-electron chi connectivity index (χ1n) is 15.3. The van der Waals surface area contributed by atoms with Gasteiger partial charge in [-0.05, 0) is 55.6 Å². The summed E-state index contributed by atoms with van der Waals surface area (Å²) in [6.45, 7) is 24.0. The van der Waals surface area contributed by atoms with Crippen LogP contribution in [0.3, 0.4) is 0 Å². The summed E-state index contributed by atoms with van der Waals surface area (Å²) in [7, 11) is -0.546. The van der Waals surface area contributed by atoms with E-state index in [1.165, 1.54) is 6.08 Å². The van der Waals surface area contributed by atoms with Crippen LogP contribution in [0.25, 0.3) is 0 Å². The van der Waals surface area contributed by atoms with Crippen LogP contribution in [0.15, 0.2) is 36.9 Å². The Bertz CT molecular complexity index is 1120. The highest BCUT2D eigenvalue weighted by Crippen LogP contribution is 2.51. The third-order valence-electron chi connectivity index (χ3n) is 9.87. The standard InChI is InChI=1S/C33H53NO8Si/c1-12-26(30(36)34-22(3)18-40-31(34)37)28(35)27(20-41-43(10,11)32(5,6)7)23(4)33(8)29(42-33)21(2)17-39-19-24-13-15-25(38-9)16-14-24/h12-16,21-23,26-29,35H,1,17-20H2,2-11H3/t21-,22+,23-,26+,27+,28+,29+,33-/m0/s1. The highest BCUT2D eigenvalue weighted by atomic mass is 28.4. The van der Waals surface area contributed by atoms with Crippen molar-refractivity contribution < 1.29 is 38.1 Å². The third kappa shape index (κ3) is 7.89. The minimum Gasteiger partial charge on any atom is -0.497 e. The molecule has 1 N–H and O–H groups in total. The largest absolute Gasteiger partial charge is 0.497 e. The summed E-state index contributed by atoms with van der Waals surface area (Å²) in [5, 5.41) is 11.8. The summed E-state index contributed by atoms with van der Waals surface area (Å²) >= 11 is 0. The molecule has 0 bridgehead atoms. The number of cyclic esters (lactones) is 1. The number of carbonyl (C=O) groups is 2. The molecule has 8 atom stereocenters. The summed E-state index contributed by atoms with van der Waals surface area (Å²) in [4.78, 5) is 27.0. The molecule has 2 amide bonds. The second-order valence-electron chi connectivity index (χ2n) is 14.0. The van der Waals surface area contributed by atoms with Crippen molar-refractivity contribution in [1.29, 1.82) is 0 Å². The van der Waals surface area contributed by atoms with Crippen molar-refractivity contribution in [1.82, 2.24) is 4.90 Å². The zero-order valence-corrected chi connectivity index (χ0v) is 28.7. The molecule has 0 spiro atoms. The molecular weight excluding hydrogens is 566 g/mol.